The first-order chi connectivity index (χ1) is 5.75. The van der Waals surface area contributed by atoms with Crippen LogP contribution in [0.2, 0.25) is 0 Å². The Hall–Kier alpha value is -1.35. The van der Waals surface area contributed by atoms with Crippen LogP contribution in [-0.2, 0) is 4.79 Å². The predicted octanol–water partition coefficient (Wildman–Crippen LogP) is 1.62. The maximum absolute atomic E-state index is 11.0. The van der Waals surface area contributed by atoms with Gasteiger partial charge in [-0.3, -0.25) is 10.0 Å². The van der Waals surface area contributed by atoms with Gasteiger partial charge in [0.2, 0.25) is 5.91 Å². The Labute approximate surface area is 71.2 Å². The molecule has 1 amide bonds. The van der Waals surface area contributed by atoms with Gasteiger partial charge in [-0.2, -0.15) is 5.06 Å². The third kappa shape index (κ3) is 1.83. The first-order valence-corrected chi connectivity index (χ1v) is 3.73. The van der Waals surface area contributed by atoms with E-state index in [-0.39, 0.29) is 12.3 Å². The van der Waals surface area contributed by atoms with E-state index < -0.39 is 0 Å². The first-order valence-electron chi connectivity index (χ1n) is 3.73. The molecule has 0 aliphatic rings. The van der Waals surface area contributed by atoms with E-state index in [2.05, 4.69) is 6.07 Å². The van der Waals surface area contributed by atoms with E-state index >= 15 is 0 Å². The van der Waals surface area contributed by atoms with Gasteiger partial charge in [-0.05, 0) is 18.2 Å². The second-order valence-electron chi connectivity index (χ2n) is 2.32. The average Bonchev–Trinajstić information content (AvgIpc) is 2.17. The van der Waals surface area contributed by atoms with Gasteiger partial charge in [0.25, 0.3) is 0 Å². The number of anilines is 1. The van der Waals surface area contributed by atoms with E-state index in [1.807, 2.05) is 0 Å². The number of hydroxylamine groups is 1. The van der Waals surface area contributed by atoms with Gasteiger partial charge in [0.15, 0.2) is 0 Å². The summed E-state index contributed by atoms with van der Waals surface area (Å²) in [5.74, 6) is -0.324. The molecule has 12 heavy (non-hydrogen) atoms. The van der Waals surface area contributed by atoms with Crippen LogP contribution >= 0.6 is 0 Å². The van der Waals surface area contributed by atoms with Crippen molar-refractivity contribution in [2.75, 3.05) is 5.06 Å². The Morgan fingerprint density at radius 3 is 3.00 bits per heavy atom. The summed E-state index contributed by atoms with van der Waals surface area (Å²) >= 11 is 0. The number of benzene rings is 1. The summed E-state index contributed by atoms with van der Waals surface area (Å²) in [4.78, 5) is 11.0. The monoisotopic (exact) mass is 164 g/mol. The molecule has 0 aliphatic heterocycles. The van der Waals surface area contributed by atoms with Crippen molar-refractivity contribution in [2.24, 2.45) is 0 Å². The third-order valence-corrected chi connectivity index (χ3v) is 1.47. The third-order valence-electron chi connectivity index (χ3n) is 1.47. The highest BCUT2D eigenvalue weighted by atomic mass is 16.5. The molecule has 0 fully saturated rings. The van der Waals surface area contributed by atoms with Crippen molar-refractivity contribution in [1.29, 1.82) is 0 Å². The standard InChI is InChI=1S/C9H10NO2/c1-2-9(11)10(12)8-6-4-3-5-7-8/h3-4,6-7,12H,2H2,1H3. The van der Waals surface area contributed by atoms with Gasteiger partial charge in [0, 0.05) is 6.42 Å². The summed E-state index contributed by atoms with van der Waals surface area (Å²) in [5.41, 5.74) is 0.448. The lowest BCUT2D eigenvalue weighted by atomic mass is 10.3. The summed E-state index contributed by atoms with van der Waals surface area (Å²) in [5, 5.41) is 9.89. The largest absolute Gasteiger partial charge is 0.281 e. The average molecular weight is 164 g/mol. The highest BCUT2D eigenvalue weighted by Crippen LogP contribution is 2.10. The van der Waals surface area contributed by atoms with Gasteiger partial charge >= 0.3 is 0 Å². The molecule has 3 heteroatoms. The van der Waals surface area contributed by atoms with E-state index in [1.54, 1.807) is 31.2 Å². The van der Waals surface area contributed by atoms with Crippen LogP contribution in [-0.4, -0.2) is 11.1 Å². The van der Waals surface area contributed by atoms with E-state index in [1.165, 1.54) is 0 Å². The summed E-state index contributed by atoms with van der Waals surface area (Å²) in [7, 11) is 0. The van der Waals surface area contributed by atoms with E-state index in [0.717, 1.165) is 0 Å². The molecule has 1 radical (unpaired) electrons. The molecule has 1 aromatic rings. The Morgan fingerprint density at radius 1 is 1.75 bits per heavy atom. The summed E-state index contributed by atoms with van der Waals surface area (Å²) < 4.78 is 0. The fourth-order valence-electron chi connectivity index (χ4n) is 0.809. The van der Waals surface area contributed by atoms with Crippen LogP contribution in [0.5, 0.6) is 0 Å². The molecule has 1 rings (SSSR count). The molecule has 0 aliphatic carbocycles. The quantitative estimate of drug-likeness (QED) is 0.533. The van der Waals surface area contributed by atoms with E-state index in [9.17, 15) is 10.0 Å². The van der Waals surface area contributed by atoms with Crippen molar-refractivity contribution < 1.29 is 10.0 Å². The van der Waals surface area contributed by atoms with Crippen molar-refractivity contribution in [2.45, 2.75) is 13.3 Å². The molecule has 0 unspecified atom stereocenters. The number of nitrogens with zero attached hydrogens (tertiary/aromatic N) is 1. The Balaban J connectivity index is 2.78. The number of rotatable bonds is 2. The van der Waals surface area contributed by atoms with Crippen LogP contribution in [0.15, 0.2) is 24.3 Å². The molecule has 0 heterocycles. The molecule has 1 aromatic carbocycles. The second kappa shape index (κ2) is 3.88. The number of carbonyl (C=O) groups excluding carboxylic acids is 1. The van der Waals surface area contributed by atoms with Gasteiger partial charge in [0.1, 0.15) is 0 Å². The van der Waals surface area contributed by atoms with E-state index in [4.69, 9.17) is 0 Å². The van der Waals surface area contributed by atoms with Gasteiger partial charge in [-0.15, -0.1) is 0 Å². The van der Waals surface area contributed by atoms with Crippen LogP contribution in [0.1, 0.15) is 13.3 Å². The summed E-state index contributed by atoms with van der Waals surface area (Å²) in [6.07, 6.45) is 0.283. The van der Waals surface area contributed by atoms with Crippen molar-refractivity contribution >= 4 is 11.6 Å². The summed E-state index contributed by atoms with van der Waals surface area (Å²) in [6, 6.07) is 9.37. The molecule has 0 aromatic heterocycles. The molecular weight excluding hydrogens is 154 g/mol. The normalized spacial score (nSPS) is 9.50. The van der Waals surface area contributed by atoms with Crippen molar-refractivity contribution in [3.05, 3.63) is 30.3 Å². The number of amides is 1. The molecule has 0 spiro atoms. The Kier molecular flexibility index (Phi) is 2.82. The SMILES string of the molecule is CCC(=O)N(O)c1c[c]ccc1. The predicted molar refractivity (Wildman–Crippen MR) is 44.8 cm³/mol. The van der Waals surface area contributed by atoms with Crippen LogP contribution in [0.25, 0.3) is 0 Å². The van der Waals surface area contributed by atoms with Crippen molar-refractivity contribution in [1.82, 2.24) is 0 Å². The minimum Gasteiger partial charge on any atom is -0.281 e. The van der Waals surface area contributed by atoms with E-state index in [0.29, 0.717) is 10.8 Å². The van der Waals surface area contributed by atoms with Crippen LogP contribution in [0.3, 0.4) is 0 Å². The van der Waals surface area contributed by atoms with Crippen LogP contribution in [0, 0.1) is 6.07 Å². The zero-order valence-electron chi connectivity index (χ0n) is 6.82. The first kappa shape index (κ1) is 8.74. The van der Waals surface area contributed by atoms with Gasteiger partial charge < -0.3 is 0 Å². The zero-order valence-corrected chi connectivity index (χ0v) is 6.82. The van der Waals surface area contributed by atoms with Crippen LogP contribution in [0.4, 0.5) is 5.69 Å². The maximum Gasteiger partial charge on any atom is 0.250 e. The number of hydrogen-bond acceptors (Lipinski definition) is 2. The lowest BCUT2D eigenvalue weighted by Gasteiger charge is -2.12. The smallest absolute Gasteiger partial charge is 0.250 e. The number of hydrogen-bond donors (Lipinski definition) is 1. The van der Waals surface area contributed by atoms with Crippen molar-refractivity contribution in [3.8, 4) is 0 Å². The highest BCUT2D eigenvalue weighted by molar-refractivity contribution is 5.90. The molecule has 1 N–H and O–H groups in total. The van der Waals surface area contributed by atoms with Gasteiger partial charge in [-0.1, -0.05) is 19.1 Å². The Bertz CT molecular complexity index is 258. The minimum absolute atomic E-state index is 0.283. The number of carbonyl (C=O) groups is 1. The van der Waals surface area contributed by atoms with Crippen LogP contribution < -0.4 is 5.06 Å². The fraction of sp³-hybridized carbons (Fsp3) is 0.222. The lowest BCUT2D eigenvalue weighted by Crippen LogP contribution is -2.25. The molecule has 3 nitrogen and oxygen atoms in total. The minimum atomic E-state index is -0.324. The molecule has 0 saturated heterocycles. The molecule has 0 bridgehead atoms. The molecule has 0 atom stereocenters. The molecule has 0 saturated carbocycles. The zero-order chi connectivity index (χ0) is 8.97. The van der Waals surface area contributed by atoms with Gasteiger partial charge in [-0.25, -0.2) is 0 Å². The lowest BCUT2D eigenvalue weighted by molar-refractivity contribution is -0.123. The molecule has 63 valence electrons. The summed E-state index contributed by atoms with van der Waals surface area (Å²) in [6.45, 7) is 1.69. The van der Waals surface area contributed by atoms with Gasteiger partial charge in [0.05, 0.1) is 5.69 Å². The second-order valence-corrected chi connectivity index (χ2v) is 2.32. The topological polar surface area (TPSA) is 40.5 Å². The molecular formula is C9H10NO2. The Morgan fingerprint density at radius 2 is 2.50 bits per heavy atom. The fourth-order valence-corrected chi connectivity index (χ4v) is 0.809. The maximum atomic E-state index is 11.0. The highest BCUT2D eigenvalue weighted by Gasteiger charge is 2.08. The van der Waals surface area contributed by atoms with Crippen molar-refractivity contribution in [3.63, 3.8) is 0 Å².